The van der Waals surface area contributed by atoms with E-state index in [-0.39, 0.29) is 9.96 Å². The molecule has 0 saturated heterocycles. The standard InChI is InChI=1S/C16H23N5O4S3/c1-4-21(5-2)28(23,24)16-13(22)12(9-26-16)18-15-14(19-27-20-15)17-8-11-7-6-10(3)25-11/h6-7,9,22-24H,4-5,8H2,1-3H3,(H,17,19)(H,18,20). The summed E-state index contributed by atoms with van der Waals surface area (Å²) in [6, 6.07) is 3.76. The number of nitrogens with one attached hydrogen (secondary N) is 2. The van der Waals surface area contributed by atoms with E-state index in [2.05, 4.69) is 19.4 Å². The Bertz CT molecular complexity index is 919. The molecule has 3 aromatic heterocycles. The third-order valence-corrected chi connectivity index (χ3v) is 8.19. The van der Waals surface area contributed by atoms with E-state index in [4.69, 9.17) is 4.42 Å². The Balaban J connectivity index is 1.75. The van der Waals surface area contributed by atoms with Crippen LogP contribution in [0.25, 0.3) is 0 Å². The fourth-order valence-electron chi connectivity index (χ4n) is 2.58. The van der Waals surface area contributed by atoms with Gasteiger partial charge in [-0.15, -0.1) is 11.3 Å². The molecule has 3 rings (SSSR count). The lowest BCUT2D eigenvalue weighted by Crippen LogP contribution is -2.26. The smallest absolute Gasteiger partial charge is 0.188 e. The van der Waals surface area contributed by atoms with Crippen LogP contribution < -0.4 is 10.6 Å². The van der Waals surface area contributed by atoms with Crippen molar-refractivity contribution in [1.82, 2.24) is 13.1 Å². The van der Waals surface area contributed by atoms with Gasteiger partial charge in [-0.05, 0) is 19.1 Å². The number of aromatic hydroxyl groups is 1. The molecule has 0 radical (unpaired) electrons. The third kappa shape index (κ3) is 4.26. The summed E-state index contributed by atoms with van der Waals surface area (Å²) in [4.78, 5) is 0. The minimum Gasteiger partial charge on any atom is -0.503 e. The number of nitrogens with zero attached hydrogens (tertiary/aromatic N) is 3. The number of anilines is 3. The summed E-state index contributed by atoms with van der Waals surface area (Å²) in [6.45, 7) is 6.89. The van der Waals surface area contributed by atoms with Crippen LogP contribution in [0.3, 0.4) is 0 Å². The minimum absolute atomic E-state index is 0.127. The first-order valence-corrected chi connectivity index (χ1v) is 11.7. The highest BCUT2D eigenvalue weighted by molar-refractivity contribution is 8.23. The van der Waals surface area contributed by atoms with E-state index in [1.807, 2.05) is 32.9 Å². The molecular weight excluding hydrogens is 422 g/mol. The molecule has 0 bridgehead atoms. The van der Waals surface area contributed by atoms with Crippen LogP contribution in [0.5, 0.6) is 5.75 Å². The normalized spacial score (nSPS) is 12.5. The number of hydrogen-bond acceptors (Lipinski definition) is 11. The van der Waals surface area contributed by atoms with Crippen LogP contribution >= 0.6 is 33.8 Å². The van der Waals surface area contributed by atoms with Crippen molar-refractivity contribution >= 4 is 51.2 Å². The Morgan fingerprint density at radius 3 is 2.54 bits per heavy atom. The predicted molar refractivity (Wildman–Crippen MR) is 114 cm³/mol. The number of aryl methyl sites for hydroxylation is 1. The van der Waals surface area contributed by atoms with Gasteiger partial charge in [-0.3, -0.25) is 9.11 Å². The average Bonchev–Trinajstić information content (AvgIpc) is 3.36. The largest absolute Gasteiger partial charge is 0.503 e. The van der Waals surface area contributed by atoms with Crippen molar-refractivity contribution < 1.29 is 18.6 Å². The first-order valence-electron chi connectivity index (χ1n) is 8.59. The number of rotatable bonds is 9. The molecular formula is C16H23N5O4S3. The maximum absolute atomic E-state index is 10.6. The summed E-state index contributed by atoms with van der Waals surface area (Å²) < 4.78 is 36.7. The van der Waals surface area contributed by atoms with E-state index >= 15 is 0 Å². The third-order valence-electron chi connectivity index (χ3n) is 4.01. The van der Waals surface area contributed by atoms with Gasteiger partial charge in [0.15, 0.2) is 21.6 Å². The Kier molecular flexibility index (Phi) is 6.47. The van der Waals surface area contributed by atoms with Gasteiger partial charge in [0.1, 0.15) is 11.5 Å². The lowest BCUT2D eigenvalue weighted by Gasteiger charge is -2.40. The van der Waals surface area contributed by atoms with E-state index in [0.29, 0.717) is 37.0 Å². The first-order chi connectivity index (χ1) is 13.4. The zero-order chi connectivity index (χ0) is 20.3. The second kappa shape index (κ2) is 8.68. The van der Waals surface area contributed by atoms with Gasteiger partial charge >= 0.3 is 0 Å². The summed E-state index contributed by atoms with van der Waals surface area (Å²) in [5.41, 5.74) is 0.344. The summed E-state index contributed by atoms with van der Waals surface area (Å²) in [5.74, 6) is 2.35. The van der Waals surface area contributed by atoms with Gasteiger partial charge in [-0.1, -0.05) is 24.6 Å². The second-order valence-electron chi connectivity index (χ2n) is 5.87. The monoisotopic (exact) mass is 445 g/mol. The highest BCUT2D eigenvalue weighted by Gasteiger charge is 2.29. The van der Waals surface area contributed by atoms with Crippen molar-refractivity contribution in [3.8, 4) is 5.75 Å². The maximum atomic E-state index is 10.6. The van der Waals surface area contributed by atoms with Crippen molar-refractivity contribution in [3.05, 3.63) is 29.0 Å². The maximum Gasteiger partial charge on any atom is 0.188 e. The molecule has 5 N–H and O–H groups in total. The Morgan fingerprint density at radius 1 is 1.18 bits per heavy atom. The number of thiophene rings is 1. The molecule has 12 heteroatoms. The summed E-state index contributed by atoms with van der Waals surface area (Å²) in [6.07, 6.45) is 0. The Hall–Kier alpha value is -1.83. The van der Waals surface area contributed by atoms with Gasteiger partial charge in [-0.2, -0.15) is 8.75 Å². The topological polar surface area (TPSA) is 127 Å². The zero-order valence-corrected chi connectivity index (χ0v) is 18.1. The van der Waals surface area contributed by atoms with Crippen LogP contribution in [-0.2, 0) is 6.54 Å². The molecule has 0 amide bonds. The van der Waals surface area contributed by atoms with Crippen molar-refractivity contribution in [2.24, 2.45) is 0 Å². The first kappa shape index (κ1) is 20.9. The lowest BCUT2D eigenvalue weighted by atomic mass is 10.4. The van der Waals surface area contributed by atoms with Crippen LogP contribution in [0.15, 0.2) is 26.1 Å². The number of furan rings is 1. The van der Waals surface area contributed by atoms with Gasteiger partial charge in [0.05, 0.1) is 24.0 Å². The molecule has 0 aliphatic carbocycles. The Morgan fingerprint density at radius 2 is 1.89 bits per heavy atom. The highest BCUT2D eigenvalue weighted by Crippen LogP contribution is 2.59. The number of aromatic nitrogens is 2. The van der Waals surface area contributed by atoms with E-state index in [1.165, 1.54) is 4.31 Å². The van der Waals surface area contributed by atoms with E-state index in [1.54, 1.807) is 5.38 Å². The molecule has 28 heavy (non-hydrogen) atoms. The van der Waals surface area contributed by atoms with Gasteiger partial charge in [0, 0.05) is 18.5 Å². The fraction of sp³-hybridized carbons (Fsp3) is 0.375. The zero-order valence-electron chi connectivity index (χ0n) is 15.7. The molecule has 0 atom stereocenters. The van der Waals surface area contributed by atoms with E-state index in [9.17, 15) is 14.2 Å². The number of hydrogen-bond donors (Lipinski definition) is 5. The molecule has 0 aliphatic heterocycles. The minimum atomic E-state index is -3.24. The molecule has 0 aliphatic rings. The quantitative estimate of drug-likeness (QED) is 0.311. The Labute approximate surface area is 172 Å². The predicted octanol–water partition coefficient (Wildman–Crippen LogP) is 4.93. The summed E-state index contributed by atoms with van der Waals surface area (Å²) in [5, 5.41) is 18.3. The summed E-state index contributed by atoms with van der Waals surface area (Å²) in [7, 11) is -3.24. The van der Waals surface area contributed by atoms with Crippen molar-refractivity contribution in [2.45, 2.75) is 31.5 Å². The van der Waals surface area contributed by atoms with Crippen molar-refractivity contribution in [3.63, 3.8) is 0 Å². The fourth-order valence-corrected chi connectivity index (χ4v) is 5.99. The van der Waals surface area contributed by atoms with Gasteiger partial charge in [0.2, 0.25) is 0 Å². The van der Waals surface area contributed by atoms with Crippen LogP contribution in [0, 0.1) is 6.92 Å². The van der Waals surface area contributed by atoms with Crippen LogP contribution in [0.4, 0.5) is 17.3 Å². The molecule has 3 aromatic rings. The van der Waals surface area contributed by atoms with Crippen molar-refractivity contribution in [2.75, 3.05) is 23.7 Å². The van der Waals surface area contributed by atoms with E-state index < -0.39 is 10.8 Å². The molecule has 0 saturated carbocycles. The van der Waals surface area contributed by atoms with Gasteiger partial charge < -0.3 is 20.2 Å². The van der Waals surface area contributed by atoms with Crippen LogP contribution in [0.2, 0.25) is 0 Å². The molecule has 154 valence electrons. The average molecular weight is 446 g/mol. The SMILES string of the molecule is CCN(CC)S(O)(O)c1scc(Nc2nsnc2NCc2ccc(C)o2)c1O. The molecule has 3 heterocycles. The lowest BCUT2D eigenvalue weighted by molar-refractivity contribution is 0.363. The second-order valence-corrected chi connectivity index (χ2v) is 9.50. The molecule has 0 aromatic carbocycles. The van der Waals surface area contributed by atoms with Crippen LogP contribution in [-0.4, -0.2) is 40.4 Å². The molecule has 9 nitrogen and oxygen atoms in total. The van der Waals surface area contributed by atoms with Crippen molar-refractivity contribution in [1.29, 1.82) is 0 Å². The van der Waals surface area contributed by atoms with E-state index in [0.717, 1.165) is 34.6 Å². The van der Waals surface area contributed by atoms with Gasteiger partial charge in [0.25, 0.3) is 0 Å². The molecule has 0 fully saturated rings. The van der Waals surface area contributed by atoms with Crippen LogP contribution in [0.1, 0.15) is 25.4 Å². The highest BCUT2D eigenvalue weighted by atomic mass is 32.3. The molecule has 0 spiro atoms. The van der Waals surface area contributed by atoms with Gasteiger partial charge in [-0.25, -0.2) is 4.31 Å². The summed E-state index contributed by atoms with van der Waals surface area (Å²) >= 11 is 2.11. The molecule has 0 unspecified atom stereocenters.